The van der Waals surface area contributed by atoms with E-state index in [-0.39, 0.29) is 0 Å². The summed E-state index contributed by atoms with van der Waals surface area (Å²) in [6, 6.07) is 157. The predicted octanol–water partition coefficient (Wildman–Crippen LogP) is 33.9. The number of nitrogens with zero attached hydrogens (tertiary/aromatic N) is 12. The molecule has 684 valence electrons. The fourth-order valence-corrected chi connectivity index (χ4v) is 20.9. The molecule has 30 aromatic rings. The molecular weight excluding hydrogens is 1800 g/mol. The zero-order chi connectivity index (χ0) is 96.9. The highest BCUT2D eigenvalue weighted by atomic mass is 16.3. The summed E-state index contributed by atoms with van der Waals surface area (Å²) in [6.45, 7) is 0. The molecule has 0 aliphatic carbocycles. The number of aromatic nitrogens is 12. The summed E-state index contributed by atoms with van der Waals surface area (Å²) in [7, 11) is 0. The first-order valence-electron chi connectivity index (χ1n) is 48.9. The number of para-hydroxylation sites is 1. The number of furan rings is 3. The molecule has 0 aliphatic rings. The Morgan fingerprint density at radius 2 is 0.463 bits per heavy atom. The molecule has 0 aliphatic heterocycles. The third-order valence-corrected chi connectivity index (χ3v) is 28.0. The van der Waals surface area contributed by atoms with E-state index in [4.69, 9.17) is 63.1 Å². The summed E-state index contributed by atoms with van der Waals surface area (Å²) < 4.78 is 20.4. The van der Waals surface area contributed by atoms with E-state index in [0.717, 1.165) is 182 Å². The average Bonchev–Trinajstić information content (AvgIpc) is 1.59. The van der Waals surface area contributed by atoms with E-state index in [2.05, 4.69) is 253 Å². The van der Waals surface area contributed by atoms with Crippen LogP contribution in [0.15, 0.2) is 487 Å². The first kappa shape index (κ1) is 84.9. The van der Waals surface area contributed by atoms with E-state index in [1.165, 1.54) is 64.6 Å². The third kappa shape index (κ3) is 15.3. The van der Waals surface area contributed by atoms with Crippen LogP contribution in [-0.4, -0.2) is 59.8 Å². The van der Waals surface area contributed by atoms with Crippen LogP contribution in [0.1, 0.15) is 0 Å². The van der Waals surface area contributed by atoms with Crippen molar-refractivity contribution in [2.24, 2.45) is 0 Å². The molecule has 15 nitrogen and oxygen atoms in total. The average molecular weight is 1880 g/mol. The molecule has 0 saturated carbocycles. The van der Waals surface area contributed by atoms with Gasteiger partial charge in [-0.25, -0.2) is 49.8 Å². The van der Waals surface area contributed by atoms with Gasteiger partial charge < -0.3 is 13.3 Å². The minimum atomic E-state index is 0.562. The van der Waals surface area contributed by atoms with Crippen LogP contribution < -0.4 is 0 Å². The van der Waals surface area contributed by atoms with Crippen LogP contribution in [0.25, 0.3) is 299 Å². The van der Waals surface area contributed by atoms with Crippen molar-refractivity contribution in [1.29, 1.82) is 0 Å². The lowest BCUT2D eigenvalue weighted by molar-refractivity contribution is 0.669. The van der Waals surface area contributed by atoms with Crippen molar-refractivity contribution in [3.05, 3.63) is 474 Å². The maximum atomic E-state index is 6.83. The first-order chi connectivity index (χ1) is 72.8. The zero-order valence-corrected chi connectivity index (χ0v) is 78.6. The Hall–Kier alpha value is -20.2. The number of benzene rings is 21. The molecular formula is C132H78N12O3. The van der Waals surface area contributed by atoms with Gasteiger partial charge in [-0.05, 0) is 190 Å². The fourth-order valence-electron chi connectivity index (χ4n) is 20.9. The van der Waals surface area contributed by atoms with Crippen LogP contribution >= 0.6 is 0 Å². The molecule has 147 heavy (non-hydrogen) atoms. The van der Waals surface area contributed by atoms with Crippen molar-refractivity contribution in [3.63, 3.8) is 0 Å². The smallest absolute Gasteiger partial charge is 0.164 e. The third-order valence-electron chi connectivity index (χ3n) is 28.0. The lowest BCUT2D eigenvalue weighted by atomic mass is 9.94. The van der Waals surface area contributed by atoms with Gasteiger partial charge in [-0.15, -0.1) is 0 Å². The van der Waals surface area contributed by atoms with Crippen LogP contribution in [-0.2, 0) is 0 Å². The minimum absolute atomic E-state index is 0.562. The van der Waals surface area contributed by atoms with E-state index in [1.54, 1.807) is 0 Å². The highest BCUT2D eigenvalue weighted by molar-refractivity contribution is 6.22. The summed E-state index contributed by atoms with van der Waals surface area (Å²) in [5.41, 5.74) is 21.5. The number of hydrogen-bond donors (Lipinski definition) is 0. The molecule has 0 amide bonds. The number of fused-ring (bicyclic) bond motifs is 21. The van der Waals surface area contributed by atoms with Crippen LogP contribution in [0.2, 0.25) is 0 Å². The van der Waals surface area contributed by atoms with E-state index in [1.807, 2.05) is 231 Å². The van der Waals surface area contributed by atoms with Crippen LogP contribution in [0.4, 0.5) is 0 Å². The van der Waals surface area contributed by atoms with Gasteiger partial charge >= 0.3 is 0 Å². The number of pyridine rings is 3. The Kier molecular flexibility index (Phi) is 20.5. The highest BCUT2D eigenvalue weighted by Crippen LogP contribution is 2.49. The van der Waals surface area contributed by atoms with Crippen molar-refractivity contribution in [2.45, 2.75) is 0 Å². The topological polar surface area (TPSA) is 194 Å². The maximum absolute atomic E-state index is 6.83. The largest absolute Gasteiger partial charge is 0.455 e. The van der Waals surface area contributed by atoms with Gasteiger partial charge in [0, 0.05) is 123 Å². The molecule has 0 spiro atoms. The lowest BCUT2D eigenvalue weighted by Gasteiger charge is -2.11. The van der Waals surface area contributed by atoms with E-state index in [9.17, 15) is 0 Å². The summed E-state index contributed by atoms with van der Waals surface area (Å²) in [5.74, 6) is 5.40. The van der Waals surface area contributed by atoms with Crippen molar-refractivity contribution >= 4 is 163 Å². The second-order valence-corrected chi connectivity index (χ2v) is 36.8. The second kappa shape index (κ2) is 35.6. The summed E-state index contributed by atoms with van der Waals surface area (Å²) in [6.07, 6.45) is 5.54. The molecule has 9 aromatic heterocycles. The van der Waals surface area contributed by atoms with Gasteiger partial charge in [0.05, 0.1) is 16.4 Å². The molecule has 30 rings (SSSR count). The van der Waals surface area contributed by atoms with Crippen LogP contribution in [0.3, 0.4) is 0 Å². The SMILES string of the molecule is c1ccc(-c2nc(-c3ccccc3)nc(-c3ccc(-c4ccc5c(ccc6ccccc65)c4)c4oc5cc6ccccc6nc5c34)n2)cc1.c1ccc(-c2nc(-c3ccccc3)nc(-c3ccc(-c4ccc5c(ccc6ccccc65)c4)c4oc5cc6cccnc6cc5c34)n2)cc1.c1ccc(-c2nc(-c3ccccc3)nc(-c3ccc(-c4ccc5c(ccc6ccccc65)c4)c4oc5cc6ccncc6cc5c34)n2)cc1. The molecule has 0 bridgehead atoms. The van der Waals surface area contributed by atoms with Crippen LogP contribution in [0.5, 0.6) is 0 Å². The molecule has 0 atom stereocenters. The Morgan fingerprint density at radius 1 is 0.156 bits per heavy atom. The molecule has 21 aromatic carbocycles. The molecule has 0 unspecified atom stereocenters. The Labute approximate surface area is 839 Å². The van der Waals surface area contributed by atoms with Crippen molar-refractivity contribution < 1.29 is 13.3 Å². The van der Waals surface area contributed by atoms with Gasteiger partial charge in [0.15, 0.2) is 58.0 Å². The summed E-state index contributed by atoms with van der Waals surface area (Å²) >= 11 is 0. The van der Waals surface area contributed by atoms with Gasteiger partial charge in [-0.1, -0.05) is 352 Å². The molecule has 0 radical (unpaired) electrons. The molecule has 15 heteroatoms. The first-order valence-corrected chi connectivity index (χ1v) is 48.9. The summed E-state index contributed by atoms with van der Waals surface area (Å²) in [4.78, 5) is 59.6. The Bertz CT molecular complexity index is 9410. The van der Waals surface area contributed by atoms with Gasteiger partial charge in [-0.2, -0.15) is 0 Å². The second-order valence-electron chi connectivity index (χ2n) is 36.8. The monoisotopic (exact) mass is 1880 g/mol. The normalized spacial score (nSPS) is 11.7. The number of rotatable bonds is 12. The van der Waals surface area contributed by atoms with Gasteiger partial charge in [0.25, 0.3) is 0 Å². The van der Waals surface area contributed by atoms with Gasteiger partial charge in [-0.3, -0.25) is 9.97 Å². The lowest BCUT2D eigenvalue weighted by Crippen LogP contribution is -2.00. The number of hydrogen-bond acceptors (Lipinski definition) is 15. The Balaban J connectivity index is 0.000000107. The van der Waals surface area contributed by atoms with Crippen LogP contribution in [0, 0.1) is 0 Å². The van der Waals surface area contributed by atoms with Gasteiger partial charge in [0.2, 0.25) is 0 Å². The summed E-state index contributed by atoms with van der Waals surface area (Å²) in [5, 5.41) is 23.5. The minimum Gasteiger partial charge on any atom is -0.455 e. The molecule has 0 N–H and O–H groups in total. The molecule has 0 fully saturated rings. The van der Waals surface area contributed by atoms with Gasteiger partial charge in [0.1, 0.15) is 33.4 Å². The predicted molar refractivity (Wildman–Crippen MR) is 597 cm³/mol. The van der Waals surface area contributed by atoms with E-state index in [0.29, 0.717) is 52.4 Å². The molecule has 0 saturated heterocycles. The van der Waals surface area contributed by atoms with E-state index < -0.39 is 0 Å². The van der Waals surface area contributed by atoms with Crippen molar-refractivity contribution in [3.8, 4) is 136 Å². The maximum Gasteiger partial charge on any atom is 0.164 e. The molecule has 9 heterocycles. The fraction of sp³-hybridized carbons (Fsp3) is 0. The zero-order valence-electron chi connectivity index (χ0n) is 78.6. The quantitative estimate of drug-likeness (QED) is 0.105. The van der Waals surface area contributed by atoms with Crippen molar-refractivity contribution in [2.75, 3.05) is 0 Å². The highest BCUT2D eigenvalue weighted by Gasteiger charge is 2.28. The van der Waals surface area contributed by atoms with E-state index >= 15 is 0 Å². The standard InChI is InChI=1S/3C44H26N4O/c1-3-12-28(13-4-1)42-46-43(29-14-5-2-6-15-29)48-44(47-42)36-24-23-35(31-21-22-34-30(25-31)20-19-27-11-7-9-17-33(27)34)41-39(36)40-38(49-41)26-32-16-8-10-18-37(32)45-40;1-3-11-28(12-4-1)42-46-43(29-13-5-2-6-14-29)48-44(47-42)36-22-21-35(31-19-20-34-30(24-31)18-17-27-10-7-8-16-33(27)34)41-40(36)37-26-38-32(15-9-23-45-38)25-39(37)49-41;1-3-10-28(11-4-1)42-46-43(29-12-5-2-6-13-29)48-44(47-42)37-20-19-36(32-17-18-35-31(23-32)16-15-27-9-7-8-14-34(27)35)41-40(37)38-24-33-26-45-22-21-30(33)25-39(38)49-41/h3*1-26H. The Morgan fingerprint density at radius 3 is 0.878 bits per heavy atom. The van der Waals surface area contributed by atoms with Crippen molar-refractivity contribution in [1.82, 2.24) is 59.8 Å².